The van der Waals surface area contributed by atoms with Crippen LogP contribution < -0.4 is 0 Å². The molecule has 1 atom stereocenters. The molecular weight excluding hydrogens is 250 g/mol. The molecule has 0 N–H and O–H groups in total. The molecule has 0 aliphatic heterocycles. The maximum absolute atomic E-state index is 4.96. The summed E-state index contributed by atoms with van der Waals surface area (Å²) in [4.78, 5) is 4.96. The third-order valence-electron chi connectivity index (χ3n) is 3.83. The van der Waals surface area contributed by atoms with Crippen molar-refractivity contribution in [2.75, 3.05) is 0 Å². The van der Waals surface area contributed by atoms with Crippen LogP contribution in [0.5, 0.6) is 0 Å². The van der Waals surface area contributed by atoms with Crippen LogP contribution in [0.25, 0.3) is 11.3 Å². The molecule has 2 heteroatoms. The summed E-state index contributed by atoms with van der Waals surface area (Å²) in [6, 6.07) is 12.8. The lowest BCUT2D eigenvalue weighted by Gasteiger charge is -2.20. The molecule has 1 aliphatic rings. The Morgan fingerprint density at radius 1 is 1.11 bits per heavy atom. The summed E-state index contributed by atoms with van der Waals surface area (Å²) in [5.74, 6) is 0. The SMILES string of the molecule is CC(S)c1cc2c(nc1-c1ccccc1)CCCC2. The highest BCUT2D eigenvalue weighted by Crippen LogP contribution is 2.33. The second-order valence-corrected chi connectivity index (χ2v) is 6.06. The number of hydrogen-bond donors (Lipinski definition) is 1. The molecule has 0 fully saturated rings. The predicted molar refractivity (Wildman–Crippen MR) is 83.7 cm³/mol. The Hall–Kier alpha value is -1.28. The molecule has 1 aliphatic carbocycles. The summed E-state index contributed by atoms with van der Waals surface area (Å²) in [5.41, 5.74) is 6.30. The van der Waals surface area contributed by atoms with Gasteiger partial charge in [-0.3, -0.25) is 4.98 Å². The van der Waals surface area contributed by atoms with Gasteiger partial charge in [-0.2, -0.15) is 12.6 Å². The van der Waals surface area contributed by atoms with E-state index >= 15 is 0 Å². The van der Waals surface area contributed by atoms with Crippen molar-refractivity contribution in [3.05, 3.63) is 53.2 Å². The van der Waals surface area contributed by atoms with Gasteiger partial charge in [0, 0.05) is 16.5 Å². The highest BCUT2D eigenvalue weighted by atomic mass is 32.1. The van der Waals surface area contributed by atoms with Gasteiger partial charge in [0.05, 0.1) is 5.69 Å². The van der Waals surface area contributed by atoms with Gasteiger partial charge in [-0.15, -0.1) is 0 Å². The number of aryl methyl sites for hydroxylation is 2. The highest BCUT2D eigenvalue weighted by Gasteiger charge is 2.17. The van der Waals surface area contributed by atoms with Gasteiger partial charge in [0.15, 0.2) is 0 Å². The Balaban J connectivity index is 2.16. The number of benzene rings is 1. The van der Waals surface area contributed by atoms with Gasteiger partial charge in [0.1, 0.15) is 0 Å². The summed E-state index contributed by atoms with van der Waals surface area (Å²) in [7, 11) is 0. The fourth-order valence-electron chi connectivity index (χ4n) is 2.80. The van der Waals surface area contributed by atoms with Crippen molar-refractivity contribution in [3.63, 3.8) is 0 Å². The van der Waals surface area contributed by atoms with E-state index in [-0.39, 0.29) is 5.25 Å². The van der Waals surface area contributed by atoms with Crippen LogP contribution in [0.1, 0.15) is 41.8 Å². The molecule has 1 unspecified atom stereocenters. The number of thiol groups is 1. The number of hydrogen-bond acceptors (Lipinski definition) is 2. The van der Waals surface area contributed by atoms with Crippen LogP contribution in [0.3, 0.4) is 0 Å². The largest absolute Gasteiger partial charge is 0.252 e. The van der Waals surface area contributed by atoms with Gasteiger partial charge in [-0.25, -0.2) is 0 Å². The molecule has 0 amide bonds. The number of pyridine rings is 1. The van der Waals surface area contributed by atoms with E-state index in [9.17, 15) is 0 Å². The van der Waals surface area contributed by atoms with Crippen LogP contribution in [0.2, 0.25) is 0 Å². The maximum Gasteiger partial charge on any atom is 0.0748 e. The predicted octanol–water partition coefficient (Wildman–Crippen LogP) is 4.62. The molecular formula is C17H19NS. The standard InChI is InChI=1S/C17H19NS/c1-12(19)15-11-14-9-5-6-10-16(14)18-17(15)13-7-3-2-4-8-13/h2-4,7-8,11-12,19H,5-6,9-10H2,1H3. The molecule has 1 aromatic heterocycles. The van der Waals surface area contributed by atoms with Crippen LogP contribution in [-0.4, -0.2) is 4.98 Å². The van der Waals surface area contributed by atoms with E-state index < -0.39 is 0 Å². The maximum atomic E-state index is 4.96. The molecule has 3 rings (SSSR count). The minimum atomic E-state index is 0.218. The lowest BCUT2D eigenvalue weighted by Crippen LogP contribution is -2.08. The van der Waals surface area contributed by atoms with Gasteiger partial charge in [-0.1, -0.05) is 36.4 Å². The highest BCUT2D eigenvalue weighted by molar-refractivity contribution is 7.80. The van der Waals surface area contributed by atoms with Crippen LogP contribution in [0, 0.1) is 0 Å². The minimum absolute atomic E-state index is 0.218. The van der Waals surface area contributed by atoms with Gasteiger partial charge in [0.2, 0.25) is 0 Å². The third-order valence-corrected chi connectivity index (χ3v) is 4.11. The van der Waals surface area contributed by atoms with E-state index in [0.29, 0.717) is 0 Å². The van der Waals surface area contributed by atoms with Crippen LogP contribution in [-0.2, 0) is 12.8 Å². The fourth-order valence-corrected chi connectivity index (χ4v) is 2.99. The summed E-state index contributed by atoms with van der Waals surface area (Å²) in [6.07, 6.45) is 4.85. The number of fused-ring (bicyclic) bond motifs is 1. The van der Waals surface area contributed by atoms with E-state index in [1.807, 2.05) is 6.07 Å². The van der Waals surface area contributed by atoms with Crippen molar-refractivity contribution in [2.24, 2.45) is 0 Å². The minimum Gasteiger partial charge on any atom is -0.252 e. The van der Waals surface area contributed by atoms with Crippen LogP contribution >= 0.6 is 12.6 Å². The van der Waals surface area contributed by atoms with E-state index in [1.54, 1.807) is 0 Å². The molecule has 2 aromatic rings. The lowest BCUT2D eigenvalue weighted by molar-refractivity contribution is 0.666. The van der Waals surface area contributed by atoms with Gasteiger partial charge in [0.25, 0.3) is 0 Å². The molecule has 19 heavy (non-hydrogen) atoms. The Morgan fingerprint density at radius 2 is 1.84 bits per heavy atom. The molecule has 0 bridgehead atoms. The monoisotopic (exact) mass is 269 g/mol. The number of rotatable bonds is 2. The summed E-state index contributed by atoms with van der Waals surface area (Å²) in [6.45, 7) is 2.13. The smallest absolute Gasteiger partial charge is 0.0748 e. The van der Waals surface area contributed by atoms with Crippen LogP contribution in [0.15, 0.2) is 36.4 Å². The van der Waals surface area contributed by atoms with E-state index in [1.165, 1.54) is 41.6 Å². The third kappa shape index (κ3) is 2.55. The molecule has 1 aromatic carbocycles. The van der Waals surface area contributed by atoms with Gasteiger partial charge in [-0.05, 0) is 43.7 Å². The summed E-state index contributed by atoms with van der Waals surface area (Å²) < 4.78 is 0. The number of aromatic nitrogens is 1. The molecule has 98 valence electrons. The van der Waals surface area contributed by atoms with E-state index in [4.69, 9.17) is 4.98 Å². The Labute approximate surface area is 120 Å². The molecule has 0 saturated heterocycles. The zero-order valence-corrected chi connectivity index (χ0v) is 12.2. The van der Waals surface area contributed by atoms with Crippen molar-refractivity contribution < 1.29 is 0 Å². The Kier molecular flexibility index (Phi) is 3.61. The van der Waals surface area contributed by atoms with Crippen molar-refractivity contribution >= 4 is 12.6 Å². The first-order chi connectivity index (χ1) is 9.25. The quantitative estimate of drug-likeness (QED) is 0.785. The fraction of sp³-hybridized carbons (Fsp3) is 0.353. The lowest BCUT2D eigenvalue weighted by atomic mass is 9.92. The summed E-state index contributed by atoms with van der Waals surface area (Å²) >= 11 is 4.64. The zero-order valence-electron chi connectivity index (χ0n) is 11.3. The van der Waals surface area contributed by atoms with Crippen molar-refractivity contribution in [3.8, 4) is 11.3 Å². The molecule has 0 spiro atoms. The molecule has 0 radical (unpaired) electrons. The zero-order chi connectivity index (χ0) is 13.2. The first-order valence-electron chi connectivity index (χ1n) is 7.02. The Morgan fingerprint density at radius 3 is 2.58 bits per heavy atom. The topological polar surface area (TPSA) is 12.9 Å². The molecule has 0 saturated carbocycles. The van der Waals surface area contributed by atoms with Gasteiger partial charge < -0.3 is 0 Å². The van der Waals surface area contributed by atoms with Crippen LogP contribution in [0.4, 0.5) is 0 Å². The second kappa shape index (κ2) is 5.38. The second-order valence-electron chi connectivity index (χ2n) is 5.28. The number of nitrogens with zero attached hydrogens (tertiary/aromatic N) is 1. The molecule has 1 heterocycles. The summed E-state index contributed by atoms with van der Waals surface area (Å²) in [5, 5.41) is 0.218. The Bertz CT molecular complexity index is 575. The van der Waals surface area contributed by atoms with E-state index in [0.717, 1.165) is 12.1 Å². The average Bonchev–Trinajstić information content (AvgIpc) is 2.46. The van der Waals surface area contributed by atoms with Crippen molar-refractivity contribution in [1.29, 1.82) is 0 Å². The van der Waals surface area contributed by atoms with E-state index in [2.05, 4.69) is 49.9 Å². The first-order valence-corrected chi connectivity index (χ1v) is 7.53. The normalized spacial score (nSPS) is 15.9. The molecule has 1 nitrogen and oxygen atoms in total. The average molecular weight is 269 g/mol. The van der Waals surface area contributed by atoms with Gasteiger partial charge >= 0.3 is 0 Å². The first kappa shape index (κ1) is 12.7. The van der Waals surface area contributed by atoms with Crippen molar-refractivity contribution in [2.45, 2.75) is 37.9 Å². The van der Waals surface area contributed by atoms with Crippen molar-refractivity contribution in [1.82, 2.24) is 4.98 Å².